The van der Waals surface area contributed by atoms with Gasteiger partial charge < -0.3 is 5.32 Å². The van der Waals surface area contributed by atoms with Gasteiger partial charge in [0.25, 0.3) is 5.91 Å². The van der Waals surface area contributed by atoms with Gasteiger partial charge in [0.05, 0.1) is 22.8 Å². The second-order valence-corrected chi connectivity index (χ2v) is 6.97. The van der Waals surface area contributed by atoms with E-state index in [1.807, 2.05) is 23.6 Å². The molecule has 0 bridgehead atoms. The van der Waals surface area contributed by atoms with E-state index in [2.05, 4.69) is 23.3 Å². The zero-order valence-electron chi connectivity index (χ0n) is 12.8. The predicted molar refractivity (Wildman–Crippen MR) is 99.9 cm³/mol. The molecule has 0 radical (unpaired) electrons. The normalized spacial score (nSPS) is 10.6. The number of benzene rings is 2. The number of carbonyl (C=O) groups excluding carboxylic acids is 1. The Morgan fingerprint density at radius 2 is 2.00 bits per heavy atom. The average molecular weight is 377 g/mol. The van der Waals surface area contributed by atoms with Gasteiger partial charge in [-0.2, -0.15) is 0 Å². The first-order valence-corrected chi connectivity index (χ1v) is 8.92. The summed E-state index contributed by atoms with van der Waals surface area (Å²) in [6.07, 6.45) is 0. The Morgan fingerprint density at radius 1 is 1.21 bits per heavy atom. The van der Waals surface area contributed by atoms with Crippen LogP contribution < -0.4 is 5.32 Å². The zero-order chi connectivity index (χ0) is 17.1. The minimum atomic E-state index is -0.248. The van der Waals surface area contributed by atoms with Crippen molar-refractivity contribution in [2.45, 2.75) is 13.5 Å². The van der Waals surface area contributed by atoms with Gasteiger partial charge in [0.2, 0.25) is 0 Å². The van der Waals surface area contributed by atoms with Crippen molar-refractivity contribution in [3.8, 4) is 10.6 Å². The van der Waals surface area contributed by atoms with E-state index in [1.54, 1.807) is 29.5 Å². The SMILES string of the molecule is Cc1ccccc1-c1nc(CNC(=O)c2ccc(Cl)cc2Cl)cs1. The van der Waals surface area contributed by atoms with Gasteiger partial charge in [0, 0.05) is 16.0 Å². The zero-order valence-corrected chi connectivity index (χ0v) is 15.2. The van der Waals surface area contributed by atoms with E-state index in [1.165, 1.54) is 5.56 Å². The van der Waals surface area contributed by atoms with Crippen molar-refractivity contribution in [2.75, 3.05) is 0 Å². The van der Waals surface area contributed by atoms with Gasteiger partial charge in [0.15, 0.2) is 0 Å². The van der Waals surface area contributed by atoms with Gasteiger partial charge in [-0.05, 0) is 30.7 Å². The lowest BCUT2D eigenvalue weighted by Crippen LogP contribution is -2.23. The van der Waals surface area contributed by atoms with Crippen LogP contribution >= 0.6 is 34.5 Å². The number of hydrogen-bond acceptors (Lipinski definition) is 3. The maximum atomic E-state index is 12.2. The number of aryl methyl sites for hydroxylation is 1. The fraction of sp³-hybridized carbons (Fsp3) is 0.111. The fourth-order valence-corrected chi connectivity index (χ4v) is 3.67. The van der Waals surface area contributed by atoms with Crippen LogP contribution in [-0.4, -0.2) is 10.9 Å². The van der Waals surface area contributed by atoms with Crippen LogP contribution in [0.2, 0.25) is 10.0 Å². The predicted octanol–water partition coefficient (Wildman–Crippen LogP) is 5.36. The highest BCUT2D eigenvalue weighted by Gasteiger charge is 2.12. The topological polar surface area (TPSA) is 42.0 Å². The molecule has 0 atom stereocenters. The first-order chi connectivity index (χ1) is 11.5. The Hall–Kier alpha value is -1.88. The van der Waals surface area contributed by atoms with Crippen LogP contribution in [0.1, 0.15) is 21.6 Å². The quantitative estimate of drug-likeness (QED) is 0.666. The Bertz CT molecular complexity index is 892. The van der Waals surface area contributed by atoms with Crippen LogP contribution in [0, 0.1) is 6.92 Å². The van der Waals surface area contributed by atoms with Gasteiger partial charge in [0.1, 0.15) is 5.01 Å². The van der Waals surface area contributed by atoms with Gasteiger partial charge >= 0.3 is 0 Å². The maximum absolute atomic E-state index is 12.2. The number of carbonyl (C=O) groups is 1. The summed E-state index contributed by atoms with van der Waals surface area (Å²) in [6.45, 7) is 2.40. The molecule has 1 aromatic heterocycles. The summed E-state index contributed by atoms with van der Waals surface area (Å²) in [7, 11) is 0. The molecule has 0 saturated carbocycles. The van der Waals surface area contributed by atoms with Crippen molar-refractivity contribution in [1.82, 2.24) is 10.3 Å². The molecule has 0 aliphatic rings. The number of thiazole rings is 1. The summed E-state index contributed by atoms with van der Waals surface area (Å²) in [5.41, 5.74) is 3.50. The van der Waals surface area contributed by atoms with Crippen LogP contribution in [0.4, 0.5) is 0 Å². The minimum Gasteiger partial charge on any atom is -0.346 e. The lowest BCUT2D eigenvalue weighted by Gasteiger charge is -2.05. The summed E-state index contributed by atoms with van der Waals surface area (Å²) < 4.78 is 0. The molecule has 2 aromatic carbocycles. The number of nitrogens with zero attached hydrogens (tertiary/aromatic N) is 1. The van der Waals surface area contributed by atoms with Gasteiger partial charge in [-0.1, -0.05) is 47.5 Å². The van der Waals surface area contributed by atoms with E-state index in [0.29, 0.717) is 22.2 Å². The van der Waals surface area contributed by atoms with E-state index in [9.17, 15) is 4.79 Å². The molecule has 122 valence electrons. The average Bonchev–Trinajstić information content (AvgIpc) is 3.02. The largest absolute Gasteiger partial charge is 0.346 e. The molecule has 1 N–H and O–H groups in total. The lowest BCUT2D eigenvalue weighted by molar-refractivity contribution is 0.0950. The van der Waals surface area contributed by atoms with Gasteiger partial charge in [-0.3, -0.25) is 4.79 Å². The molecular formula is C18H14Cl2N2OS. The van der Waals surface area contributed by atoms with Crippen molar-refractivity contribution >= 4 is 40.4 Å². The molecule has 0 saturated heterocycles. The molecule has 1 heterocycles. The summed E-state index contributed by atoms with van der Waals surface area (Å²) in [6, 6.07) is 12.9. The Balaban J connectivity index is 1.69. The first-order valence-electron chi connectivity index (χ1n) is 7.28. The van der Waals surface area contributed by atoms with E-state index in [-0.39, 0.29) is 5.91 Å². The molecule has 24 heavy (non-hydrogen) atoms. The summed E-state index contributed by atoms with van der Waals surface area (Å²) in [4.78, 5) is 16.8. The number of hydrogen-bond donors (Lipinski definition) is 1. The molecule has 3 aromatic rings. The Kier molecular flexibility index (Phi) is 5.19. The molecule has 0 aliphatic carbocycles. The second kappa shape index (κ2) is 7.34. The monoisotopic (exact) mass is 376 g/mol. The van der Waals surface area contributed by atoms with Crippen molar-refractivity contribution in [3.05, 3.63) is 74.7 Å². The highest BCUT2D eigenvalue weighted by molar-refractivity contribution is 7.13. The fourth-order valence-electron chi connectivity index (χ4n) is 2.26. The van der Waals surface area contributed by atoms with Crippen LogP contribution in [-0.2, 0) is 6.54 Å². The van der Waals surface area contributed by atoms with Crippen molar-refractivity contribution < 1.29 is 4.79 Å². The molecule has 0 aliphatic heterocycles. The number of halogens is 2. The Morgan fingerprint density at radius 3 is 2.75 bits per heavy atom. The standard InChI is InChI=1S/C18H14Cl2N2OS/c1-11-4-2-3-5-14(11)18-22-13(10-24-18)9-21-17(23)15-7-6-12(19)8-16(15)20/h2-8,10H,9H2,1H3,(H,21,23). The van der Waals surface area contributed by atoms with Crippen LogP contribution in [0.25, 0.3) is 10.6 Å². The molecular weight excluding hydrogens is 363 g/mol. The van der Waals surface area contributed by atoms with E-state index >= 15 is 0 Å². The first kappa shape index (κ1) is 17.0. The van der Waals surface area contributed by atoms with Gasteiger partial charge in [-0.15, -0.1) is 11.3 Å². The van der Waals surface area contributed by atoms with Crippen LogP contribution in [0.5, 0.6) is 0 Å². The van der Waals surface area contributed by atoms with Crippen LogP contribution in [0.3, 0.4) is 0 Å². The van der Waals surface area contributed by atoms with E-state index in [0.717, 1.165) is 16.3 Å². The molecule has 3 rings (SSSR count). The molecule has 6 heteroatoms. The van der Waals surface area contributed by atoms with Crippen molar-refractivity contribution in [2.24, 2.45) is 0 Å². The number of amides is 1. The molecule has 0 unspecified atom stereocenters. The Labute approximate surface area is 154 Å². The lowest BCUT2D eigenvalue weighted by atomic mass is 10.1. The molecule has 0 spiro atoms. The number of aromatic nitrogens is 1. The van der Waals surface area contributed by atoms with Gasteiger partial charge in [-0.25, -0.2) is 4.98 Å². The molecule has 1 amide bonds. The third kappa shape index (κ3) is 3.78. The highest BCUT2D eigenvalue weighted by Crippen LogP contribution is 2.26. The second-order valence-electron chi connectivity index (χ2n) is 5.27. The van der Waals surface area contributed by atoms with Crippen molar-refractivity contribution in [3.63, 3.8) is 0 Å². The number of rotatable bonds is 4. The van der Waals surface area contributed by atoms with Crippen LogP contribution in [0.15, 0.2) is 47.8 Å². The molecule has 0 fully saturated rings. The summed E-state index contributed by atoms with van der Waals surface area (Å²) in [5, 5.41) is 6.56. The molecule has 3 nitrogen and oxygen atoms in total. The van der Waals surface area contributed by atoms with E-state index in [4.69, 9.17) is 23.2 Å². The third-order valence-electron chi connectivity index (χ3n) is 3.53. The smallest absolute Gasteiger partial charge is 0.253 e. The summed E-state index contributed by atoms with van der Waals surface area (Å²) >= 11 is 13.5. The summed E-state index contributed by atoms with van der Waals surface area (Å²) in [5.74, 6) is -0.248. The third-order valence-corrected chi connectivity index (χ3v) is 5.01. The highest BCUT2D eigenvalue weighted by atomic mass is 35.5. The maximum Gasteiger partial charge on any atom is 0.253 e. The number of nitrogens with one attached hydrogen (secondary N) is 1. The minimum absolute atomic E-state index is 0.248. The van der Waals surface area contributed by atoms with E-state index < -0.39 is 0 Å². The van der Waals surface area contributed by atoms with Crippen molar-refractivity contribution in [1.29, 1.82) is 0 Å².